The smallest absolute Gasteiger partial charge is 0.311 e. The van der Waals surface area contributed by atoms with Gasteiger partial charge in [-0.1, -0.05) is 13.0 Å². The van der Waals surface area contributed by atoms with Crippen molar-refractivity contribution in [2.24, 2.45) is 5.92 Å². The van der Waals surface area contributed by atoms with Crippen LogP contribution >= 0.6 is 0 Å². The number of rotatable bonds is 3. The van der Waals surface area contributed by atoms with Gasteiger partial charge in [0.05, 0.1) is 13.0 Å². The Morgan fingerprint density at radius 1 is 1.40 bits per heavy atom. The Kier molecular flexibility index (Phi) is 3.51. The van der Waals surface area contributed by atoms with E-state index >= 15 is 0 Å². The number of carbonyl (C=O) groups is 1. The third kappa shape index (κ3) is 2.21. The van der Waals surface area contributed by atoms with E-state index in [1.54, 1.807) is 0 Å². The van der Waals surface area contributed by atoms with Crippen molar-refractivity contribution >= 4 is 11.5 Å². The van der Waals surface area contributed by atoms with Crippen LogP contribution in [0.15, 0.2) is 24.4 Å². The monoisotopic (exact) mass is 271 g/mol. The Bertz CT molecular complexity index is 642. The predicted octanol–water partition coefficient (Wildman–Crippen LogP) is 3.17. The van der Waals surface area contributed by atoms with Crippen LogP contribution in [0, 0.1) is 5.92 Å². The minimum atomic E-state index is -0.128. The number of hydrogen-bond donors (Lipinski definition) is 0. The van der Waals surface area contributed by atoms with E-state index < -0.39 is 0 Å². The van der Waals surface area contributed by atoms with Gasteiger partial charge in [-0.2, -0.15) is 0 Å². The third-order valence-corrected chi connectivity index (χ3v) is 4.23. The predicted molar refractivity (Wildman–Crippen MR) is 78.9 cm³/mol. The molecule has 2 aromatic rings. The molecule has 1 atom stereocenters. The summed E-state index contributed by atoms with van der Waals surface area (Å²) in [5.41, 5.74) is 5.19. The van der Waals surface area contributed by atoms with Crippen molar-refractivity contribution in [1.29, 1.82) is 0 Å². The topological polar surface area (TPSA) is 30.7 Å². The molecular formula is C17H21NO2. The standard InChI is InChI=1S/C17H21NO2/c1-3-20-17(19)11-16-13-8-7-12(2)10-14(13)15-6-4-5-9-18(15)16/h4-6,9,12H,3,7-8,10-11H2,1-2H3. The zero-order valence-corrected chi connectivity index (χ0v) is 12.2. The van der Waals surface area contributed by atoms with Gasteiger partial charge in [0, 0.05) is 17.4 Å². The van der Waals surface area contributed by atoms with E-state index in [1.165, 1.54) is 23.1 Å². The van der Waals surface area contributed by atoms with Gasteiger partial charge >= 0.3 is 5.97 Å². The first-order chi connectivity index (χ1) is 9.70. The maximum absolute atomic E-state index is 11.9. The molecule has 0 radical (unpaired) electrons. The van der Waals surface area contributed by atoms with E-state index in [0.29, 0.717) is 13.0 Å². The van der Waals surface area contributed by atoms with Gasteiger partial charge in [0.15, 0.2) is 0 Å². The molecule has 0 aromatic carbocycles. The zero-order valence-electron chi connectivity index (χ0n) is 12.2. The minimum absolute atomic E-state index is 0.128. The van der Waals surface area contributed by atoms with Crippen molar-refractivity contribution < 1.29 is 9.53 Å². The second kappa shape index (κ2) is 5.31. The number of esters is 1. The molecule has 2 aromatic heterocycles. The summed E-state index contributed by atoms with van der Waals surface area (Å²) in [5.74, 6) is 0.599. The van der Waals surface area contributed by atoms with E-state index in [-0.39, 0.29) is 5.97 Å². The maximum Gasteiger partial charge on any atom is 0.311 e. The van der Waals surface area contributed by atoms with Crippen LogP contribution in [0.1, 0.15) is 37.1 Å². The summed E-state index contributed by atoms with van der Waals surface area (Å²) in [6.45, 7) is 4.60. The normalized spacial score (nSPS) is 18.0. The molecule has 0 saturated carbocycles. The fourth-order valence-corrected chi connectivity index (χ4v) is 3.30. The number of pyridine rings is 1. The van der Waals surface area contributed by atoms with Crippen molar-refractivity contribution in [1.82, 2.24) is 4.40 Å². The number of aromatic nitrogens is 1. The molecule has 0 N–H and O–H groups in total. The molecule has 0 spiro atoms. The van der Waals surface area contributed by atoms with Crippen molar-refractivity contribution in [3.05, 3.63) is 41.2 Å². The molecular weight excluding hydrogens is 250 g/mol. The van der Waals surface area contributed by atoms with Crippen molar-refractivity contribution in [2.75, 3.05) is 6.61 Å². The first-order valence-electron chi connectivity index (χ1n) is 7.46. The van der Waals surface area contributed by atoms with Crippen molar-refractivity contribution in [3.63, 3.8) is 0 Å². The fraction of sp³-hybridized carbons (Fsp3) is 0.471. The molecule has 0 fully saturated rings. The summed E-state index contributed by atoms with van der Waals surface area (Å²) < 4.78 is 7.30. The van der Waals surface area contributed by atoms with E-state index in [9.17, 15) is 4.79 Å². The average Bonchev–Trinajstić information content (AvgIpc) is 2.74. The lowest BCUT2D eigenvalue weighted by Gasteiger charge is -2.19. The lowest BCUT2D eigenvalue weighted by Crippen LogP contribution is -2.14. The molecule has 0 aliphatic heterocycles. The molecule has 0 saturated heterocycles. The zero-order chi connectivity index (χ0) is 14.1. The average molecular weight is 271 g/mol. The van der Waals surface area contributed by atoms with Crippen LogP contribution in [-0.2, 0) is 28.8 Å². The van der Waals surface area contributed by atoms with Crippen LogP contribution in [0.3, 0.4) is 0 Å². The van der Waals surface area contributed by atoms with Crippen LogP contribution in [0.2, 0.25) is 0 Å². The highest BCUT2D eigenvalue weighted by molar-refractivity contribution is 5.75. The molecule has 1 aliphatic rings. The molecule has 3 rings (SSSR count). The Hall–Kier alpha value is -1.77. The van der Waals surface area contributed by atoms with Gasteiger partial charge in [-0.15, -0.1) is 0 Å². The Morgan fingerprint density at radius 3 is 3.05 bits per heavy atom. The number of carbonyl (C=O) groups excluding carboxylic acids is 1. The molecule has 0 amide bonds. The van der Waals surface area contributed by atoms with E-state index in [0.717, 1.165) is 24.5 Å². The Morgan fingerprint density at radius 2 is 2.25 bits per heavy atom. The lowest BCUT2D eigenvalue weighted by molar-refractivity contribution is -0.142. The van der Waals surface area contributed by atoms with E-state index in [2.05, 4.69) is 29.7 Å². The summed E-state index contributed by atoms with van der Waals surface area (Å²) in [6.07, 6.45) is 5.84. The highest BCUT2D eigenvalue weighted by Crippen LogP contribution is 2.33. The molecule has 3 heteroatoms. The van der Waals surface area contributed by atoms with Crippen LogP contribution < -0.4 is 0 Å². The van der Waals surface area contributed by atoms with E-state index in [4.69, 9.17) is 4.74 Å². The number of fused-ring (bicyclic) bond motifs is 3. The second-order valence-corrected chi connectivity index (χ2v) is 5.69. The molecule has 3 nitrogen and oxygen atoms in total. The molecule has 2 heterocycles. The maximum atomic E-state index is 11.9. The lowest BCUT2D eigenvalue weighted by atomic mass is 9.85. The second-order valence-electron chi connectivity index (χ2n) is 5.69. The van der Waals surface area contributed by atoms with Crippen LogP contribution in [0.4, 0.5) is 0 Å². The van der Waals surface area contributed by atoms with E-state index in [1.807, 2.05) is 13.0 Å². The first kappa shape index (κ1) is 13.2. The van der Waals surface area contributed by atoms with Gasteiger partial charge < -0.3 is 9.14 Å². The summed E-state index contributed by atoms with van der Waals surface area (Å²) >= 11 is 0. The molecule has 0 bridgehead atoms. The van der Waals surface area contributed by atoms with Crippen molar-refractivity contribution in [2.45, 2.75) is 39.5 Å². The summed E-state index contributed by atoms with van der Waals surface area (Å²) in [6, 6.07) is 6.26. The van der Waals surface area contributed by atoms with Crippen LogP contribution in [0.5, 0.6) is 0 Å². The number of hydrogen-bond acceptors (Lipinski definition) is 2. The van der Waals surface area contributed by atoms with Crippen molar-refractivity contribution in [3.8, 4) is 0 Å². The third-order valence-electron chi connectivity index (χ3n) is 4.23. The van der Waals surface area contributed by atoms with Crippen LogP contribution in [-0.4, -0.2) is 17.0 Å². The molecule has 1 aliphatic carbocycles. The molecule has 1 unspecified atom stereocenters. The van der Waals surface area contributed by atoms with Gasteiger partial charge in [-0.05, 0) is 55.4 Å². The molecule has 106 valence electrons. The van der Waals surface area contributed by atoms with Crippen LogP contribution in [0.25, 0.3) is 5.52 Å². The highest BCUT2D eigenvalue weighted by atomic mass is 16.5. The summed E-state index contributed by atoms with van der Waals surface area (Å²) in [5, 5.41) is 0. The largest absolute Gasteiger partial charge is 0.466 e. The summed E-state index contributed by atoms with van der Waals surface area (Å²) in [4.78, 5) is 11.9. The number of ether oxygens (including phenoxy) is 1. The fourth-order valence-electron chi connectivity index (χ4n) is 3.30. The quantitative estimate of drug-likeness (QED) is 0.803. The highest BCUT2D eigenvalue weighted by Gasteiger charge is 2.25. The number of nitrogens with zero attached hydrogens (tertiary/aromatic N) is 1. The SMILES string of the molecule is CCOC(=O)Cc1c2c(c3ccccn13)CC(C)CC2. The minimum Gasteiger partial charge on any atom is -0.466 e. The molecule has 20 heavy (non-hydrogen) atoms. The van der Waals surface area contributed by atoms with Gasteiger partial charge in [-0.3, -0.25) is 4.79 Å². The van der Waals surface area contributed by atoms with Gasteiger partial charge in [0.2, 0.25) is 0 Å². The van der Waals surface area contributed by atoms with Gasteiger partial charge in [-0.25, -0.2) is 0 Å². The van der Waals surface area contributed by atoms with Gasteiger partial charge in [0.1, 0.15) is 0 Å². The first-order valence-corrected chi connectivity index (χ1v) is 7.46. The van der Waals surface area contributed by atoms with Gasteiger partial charge in [0.25, 0.3) is 0 Å². The summed E-state index contributed by atoms with van der Waals surface area (Å²) in [7, 11) is 0. The Labute approximate surface area is 119 Å². The Balaban J connectivity index is 2.09.